The lowest BCUT2D eigenvalue weighted by atomic mass is 10.3. The lowest BCUT2D eigenvalue weighted by molar-refractivity contribution is 0.245. The maximum absolute atomic E-state index is 12.1. The molecule has 0 aliphatic heterocycles. The van der Waals surface area contributed by atoms with Crippen molar-refractivity contribution in [1.82, 2.24) is 9.71 Å². The van der Waals surface area contributed by atoms with Crippen molar-refractivity contribution in [3.05, 3.63) is 46.6 Å². The smallest absolute Gasteiger partial charge is 0.245 e. The van der Waals surface area contributed by atoms with E-state index in [4.69, 9.17) is 9.52 Å². The maximum atomic E-state index is 12.1. The van der Waals surface area contributed by atoms with Crippen molar-refractivity contribution >= 4 is 26.0 Å². The van der Waals surface area contributed by atoms with Gasteiger partial charge >= 0.3 is 0 Å². The molecule has 0 unspecified atom stereocenters. The molecule has 19 heavy (non-hydrogen) atoms. The van der Waals surface area contributed by atoms with Gasteiger partial charge in [0.25, 0.3) is 0 Å². The molecule has 2 rings (SSSR count). The second kappa shape index (κ2) is 5.83. The minimum Gasteiger partial charge on any atom is -0.450 e. The summed E-state index contributed by atoms with van der Waals surface area (Å²) in [5.41, 5.74) is 0.792. The third-order valence-electron chi connectivity index (χ3n) is 2.37. The first kappa shape index (κ1) is 14.2. The molecule has 0 aliphatic carbocycles. The molecule has 2 aromatic heterocycles. The van der Waals surface area contributed by atoms with E-state index >= 15 is 0 Å². The average molecular weight is 347 g/mol. The molecule has 2 heterocycles. The van der Waals surface area contributed by atoms with Gasteiger partial charge in [0.15, 0.2) is 4.67 Å². The van der Waals surface area contributed by atoms with Gasteiger partial charge in [-0.05, 0) is 33.6 Å². The Balaban J connectivity index is 2.16. The minimum absolute atomic E-state index is 0.0365. The van der Waals surface area contributed by atoms with E-state index in [0.717, 1.165) is 5.56 Å². The van der Waals surface area contributed by atoms with Gasteiger partial charge in [-0.1, -0.05) is 0 Å². The number of sulfonamides is 1. The van der Waals surface area contributed by atoms with E-state index in [1.807, 2.05) is 0 Å². The Labute approximate surface area is 118 Å². The Hall–Kier alpha value is -1.22. The van der Waals surface area contributed by atoms with Crippen molar-refractivity contribution in [2.45, 2.75) is 18.0 Å². The summed E-state index contributed by atoms with van der Waals surface area (Å²) in [5, 5.41) is 8.91. The molecule has 0 bridgehead atoms. The summed E-state index contributed by atoms with van der Waals surface area (Å²) >= 11 is 3.01. The van der Waals surface area contributed by atoms with Crippen LogP contribution in [-0.4, -0.2) is 18.5 Å². The SMILES string of the molecule is O=S(=O)(NCc1ccncc1)c1cc(CO)oc1Br. The largest absolute Gasteiger partial charge is 0.450 e. The van der Waals surface area contributed by atoms with Crippen LogP contribution in [0.3, 0.4) is 0 Å². The molecule has 0 aliphatic rings. The molecule has 0 aromatic carbocycles. The fourth-order valence-electron chi connectivity index (χ4n) is 1.42. The predicted octanol–water partition coefficient (Wildman–Crippen LogP) is 1.41. The van der Waals surface area contributed by atoms with Gasteiger partial charge in [-0.2, -0.15) is 0 Å². The van der Waals surface area contributed by atoms with E-state index in [2.05, 4.69) is 25.6 Å². The number of hydrogen-bond donors (Lipinski definition) is 2. The highest BCUT2D eigenvalue weighted by Crippen LogP contribution is 2.26. The van der Waals surface area contributed by atoms with Crippen LogP contribution in [0.25, 0.3) is 0 Å². The third-order valence-corrected chi connectivity index (χ3v) is 4.63. The molecule has 0 radical (unpaired) electrons. The molecule has 0 amide bonds. The number of aliphatic hydroxyl groups is 1. The van der Waals surface area contributed by atoms with E-state index in [9.17, 15) is 8.42 Å². The van der Waals surface area contributed by atoms with Crippen molar-refractivity contribution in [1.29, 1.82) is 0 Å². The molecule has 8 heteroatoms. The van der Waals surface area contributed by atoms with Crippen molar-refractivity contribution in [2.24, 2.45) is 0 Å². The fourth-order valence-corrected chi connectivity index (χ4v) is 3.43. The number of nitrogens with one attached hydrogen (secondary N) is 1. The van der Waals surface area contributed by atoms with Crippen molar-refractivity contribution in [2.75, 3.05) is 0 Å². The summed E-state index contributed by atoms with van der Waals surface area (Å²) < 4.78 is 31.7. The molecular formula is C11H11BrN2O4S. The van der Waals surface area contributed by atoms with E-state index in [1.165, 1.54) is 6.07 Å². The van der Waals surface area contributed by atoms with Crippen LogP contribution in [0.5, 0.6) is 0 Å². The van der Waals surface area contributed by atoms with E-state index in [1.54, 1.807) is 24.5 Å². The summed E-state index contributed by atoms with van der Waals surface area (Å²) in [6.07, 6.45) is 3.17. The molecule has 0 atom stereocenters. The standard InChI is InChI=1S/C11H11BrN2O4S/c12-11-10(5-9(7-15)18-11)19(16,17)14-6-8-1-3-13-4-2-8/h1-5,14-15H,6-7H2. The van der Waals surface area contributed by atoms with Crippen LogP contribution in [0.4, 0.5) is 0 Å². The van der Waals surface area contributed by atoms with Crippen LogP contribution in [0.1, 0.15) is 11.3 Å². The van der Waals surface area contributed by atoms with Gasteiger partial charge in [-0.25, -0.2) is 13.1 Å². The molecule has 0 saturated heterocycles. The molecule has 0 spiro atoms. The zero-order valence-electron chi connectivity index (χ0n) is 9.71. The topological polar surface area (TPSA) is 92.4 Å². The van der Waals surface area contributed by atoms with Gasteiger partial charge in [0, 0.05) is 25.0 Å². The molecule has 2 aromatic rings. The number of aliphatic hydroxyl groups excluding tert-OH is 1. The summed E-state index contributed by atoms with van der Waals surface area (Å²) in [6, 6.07) is 4.71. The summed E-state index contributed by atoms with van der Waals surface area (Å²) in [4.78, 5) is 3.81. The molecule has 0 fully saturated rings. The lowest BCUT2D eigenvalue weighted by Gasteiger charge is -2.04. The highest BCUT2D eigenvalue weighted by molar-refractivity contribution is 9.10. The summed E-state index contributed by atoms with van der Waals surface area (Å²) in [7, 11) is -3.70. The first-order valence-electron chi connectivity index (χ1n) is 5.30. The number of pyridine rings is 1. The lowest BCUT2D eigenvalue weighted by Crippen LogP contribution is -2.23. The van der Waals surface area contributed by atoms with E-state index in [0.29, 0.717) is 0 Å². The fraction of sp³-hybridized carbons (Fsp3) is 0.182. The Morgan fingerprint density at radius 1 is 1.37 bits per heavy atom. The van der Waals surface area contributed by atoms with Gasteiger partial charge in [0.05, 0.1) is 0 Å². The number of hydrogen-bond acceptors (Lipinski definition) is 5. The monoisotopic (exact) mass is 346 g/mol. The number of aromatic nitrogens is 1. The number of halogens is 1. The van der Waals surface area contributed by atoms with Crippen molar-refractivity contribution < 1.29 is 17.9 Å². The van der Waals surface area contributed by atoms with E-state index < -0.39 is 10.0 Å². The quantitative estimate of drug-likeness (QED) is 0.853. The molecule has 102 valence electrons. The van der Waals surface area contributed by atoms with Crippen LogP contribution < -0.4 is 4.72 Å². The number of nitrogens with zero attached hydrogens (tertiary/aromatic N) is 1. The van der Waals surface area contributed by atoms with Crippen molar-refractivity contribution in [3.63, 3.8) is 0 Å². The first-order chi connectivity index (χ1) is 9.03. The van der Waals surface area contributed by atoms with Crippen LogP contribution in [0, 0.1) is 0 Å². The Bertz CT molecular complexity index is 655. The zero-order valence-corrected chi connectivity index (χ0v) is 12.1. The van der Waals surface area contributed by atoms with Gasteiger partial charge in [-0.15, -0.1) is 0 Å². The van der Waals surface area contributed by atoms with E-state index in [-0.39, 0.29) is 28.5 Å². The van der Waals surface area contributed by atoms with Crippen LogP contribution in [0.15, 0.2) is 44.6 Å². The second-order valence-corrected chi connectivity index (χ2v) is 6.14. The average Bonchev–Trinajstić information content (AvgIpc) is 2.80. The Morgan fingerprint density at radius 3 is 2.63 bits per heavy atom. The van der Waals surface area contributed by atoms with Crippen LogP contribution in [0.2, 0.25) is 0 Å². The molecular weight excluding hydrogens is 336 g/mol. The number of rotatable bonds is 5. The van der Waals surface area contributed by atoms with Gasteiger partial charge < -0.3 is 9.52 Å². The van der Waals surface area contributed by atoms with Gasteiger partial charge in [0.1, 0.15) is 17.3 Å². The predicted molar refractivity (Wildman–Crippen MR) is 70.6 cm³/mol. The van der Waals surface area contributed by atoms with Gasteiger partial charge in [-0.3, -0.25) is 4.98 Å². The third kappa shape index (κ3) is 3.41. The maximum Gasteiger partial charge on any atom is 0.245 e. The first-order valence-corrected chi connectivity index (χ1v) is 7.58. The number of furan rings is 1. The summed E-state index contributed by atoms with van der Waals surface area (Å²) in [6.45, 7) is -0.213. The highest BCUT2D eigenvalue weighted by Gasteiger charge is 2.21. The minimum atomic E-state index is -3.70. The zero-order chi connectivity index (χ0) is 13.9. The highest BCUT2D eigenvalue weighted by atomic mass is 79.9. The van der Waals surface area contributed by atoms with Crippen molar-refractivity contribution in [3.8, 4) is 0 Å². The second-order valence-electron chi connectivity index (χ2n) is 3.69. The van der Waals surface area contributed by atoms with Crippen LogP contribution in [-0.2, 0) is 23.2 Å². The Kier molecular flexibility index (Phi) is 4.35. The molecule has 6 nitrogen and oxygen atoms in total. The molecule has 2 N–H and O–H groups in total. The Morgan fingerprint density at radius 2 is 2.05 bits per heavy atom. The summed E-state index contributed by atoms with van der Waals surface area (Å²) in [5.74, 6) is 0.177. The molecule has 0 saturated carbocycles. The normalized spacial score (nSPS) is 11.7. The van der Waals surface area contributed by atoms with Crippen LogP contribution >= 0.6 is 15.9 Å². The van der Waals surface area contributed by atoms with Gasteiger partial charge in [0.2, 0.25) is 10.0 Å².